The molecule has 2 aromatic carbocycles. The second-order valence-electron chi connectivity index (χ2n) is 6.83. The summed E-state index contributed by atoms with van der Waals surface area (Å²) in [7, 11) is 0. The highest BCUT2D eigenvalue weighted by Crippen LogP contribution is 2.55. The molecule has 1 fully saturated rings. The van der Waals surface area contributed by atoms with Crippen LogP contribution in [0.25, 0.3) is 0 Å². The molecule has 0 spiro atoms. The summed E-state index contributed by atoms with van der Waals surface area (Å²) in [4.78, 5) is 11.4. The standard InChI is InChI=1S/C20H20O5/c1-11(21)24-15-9-16-17-8-14(23)6-7-19(17)25-20(18(16)10-15)12-2-4-13(22)5-3-12/h2-8,15-16,18,20,22-23H,9-10H2,1H3/t15-,16-,18-,20-/m1/s1. The van der Waals surface area contributed by atoms with Gasteiger partial charge in [0.15, 0.2) is 0 Å². The Morgan fingerprint density at radius 3 is 2.52 bits per heavy atom. The highest BCUT2D eigenvalue weighted by atomic mass is 16.5. The van der Waals surface area contributed by atoms with Crippen molar-refractivity contribution < 1.29 is 24.5 Å². The first-order chi connectivity index (χ1) is 12.0. The Labute approximate surface area is 145 Å². The Morgan fingerprint density at radius 2 is 1.80 bits per heavy atom. The third-order valence-electron chi connectivity index (χ3n) is 5.16. The number of rotatable bonds is 2. The zero-order valence-corrected chi connectivity index (χ0v) is 13.9. The predicted molar refractivity (Wildman–Crippen MR) is 90.6 cm³/mol. The molecule has 0 unspecified atom stereocenters. The number of phenolic OH excluding ortho intramolecular Hbond substituents is 2. The third-order valence-corrected chi connectivity index (χ3v) is 5.16. The summed E-state index contributed by atoms with van der Waals surface area (Å²) in [6, 6.07) is 12.2. The number of fused-ring (bicyclic) bond motifs is 3. The molecule has 2 aliphatic rings. The van der Waals surface area contributed by atoms with E-state index in [4.69, 9.17) is 9.47 Å². The van der Waals surface area contributed by atoms with Gasteiger partial charge in [-0.25, -0.2) is 0 Å². The fraction of sp³-hybridized carbons (Fsp3) is 0.350. The van der Waals surface area contributed by atoms with Crippen LogP contribution in [0.1, 0.15) is 42.9 Å². The second-order valence-corrected chi connectivity index (χ2v) is 6.83. The minimum absolute atomic E-state index is 0.142. The number of phenols is 2. The fourth-order valence-electron chi connectivity index (χ4n) is 4.18. The van der Waals surface area contributed by atoms with Crippen LogP contribution in [0, 0.1) is 5.92 Å². The summed E-state index contributed by atoms with van der Waals surface area (Å²) in [5.74, 6) is 1.19. The number of ether oxygens (including phenoxy) is 2. The molecule has 130 valence electrons. The van der Waals surface area contributed by atoms with Crippen LogP contribution in [0.5, 0.6) is 17.2 Å². The lowest BCUT2D eigenvalue weighted by atomic mass is 9.80. The van der Waals surface area contributed by atoms with E-state index in [0.717, 1.165) is 23.3 Å². The van der Waals surface area contributed by atoms with Crippen LogP contribution in [-0.2, 0) is 9.53 Å². The first-order valence-electron chi connectivity index (χ1n) is 8.47. The molecule has 1 saturated carbocycles. The second kappa shape index (κ2) is 5.99. The average Bonchev–Trinajstić information content (AvgIpc) is 2.98. The van der Waals surface area contributed by atoms with Gasteiger partial charge in [0, 0.05) is 18.4 Å². The van der Waals surface area contributed by atoms with Crippen LogP contribution < -0.4 is 4.74 Å². The normalized spacial score (nSPS) is 27.1. The van der Waals surface area contributed by atoms with Crippen LogP contribution >= 0.6 is 0 Å². The van der Waals surface area contributed by atoms with Crippen LogP contribution in [-0.4, -0.2) is 22.3 Å². The molecule has 5 heteroatoms. The summed E-state index contributed by atoms with van der Waals surface area (Å²) in [6.07, 6.45) is 1.11. The first-order valence-corrected chi connectivity index (χ1v) is 8.47. The van der Waals surface area contributed by atoms with E-state index in [1.807, 2.05) is 12.1 Å². The molecule has 1 heterocycles. The maximum absolute atomic E-state index is 11.4. The molecule has 0 bridgehead atoms. The van der Waals surface area contributed by atoms with Crippen molar-refractivity contribution in [3.05, 3.63) is 53.6 Å². The minimum Gasteiger partial charge on any atom is -0.508 e. The van der Waals surface area contributed by atoms with E-state index in [9.17, 15) is 15.0 Å². The third kappa shape index (κ3) is 2.90. The van der Waals surface area contributed by atoms with E-state index in [0.29, 0.717) is 6.42 Å². The summed E-state index contributed by atoms with van der Waals surface area (Å²) < 4.78 is 11.7. The van der Waals surface area contributed by atoms with E-state index in [1.165, 1.54) is 6.92 Å². The first kappa shape index (κ1) is 15.8. The van der Waals surface area contributed by atoms with Gasteiger partial charge in [0.25, 0.3) is 0 Å². The van der Waals surface area contributed by atoms with Gasteiger partial charge in [0.1, 0.15) is 29.5 Å². The van der Waals surface area contributed by atoms with Gasteiger partial charge < -0.3 is 19.7 Å². The summed E-state index contributed by atoms with van der Waals surface area (Å²) in [6.45, 7) is 1.43. The van der Waals surface area contributed by atoms with Crippen molar-refractivity contribution >= 4 is 5.97 Å². The lowest BCUT2D eigenvalue weighted by Crippen LogP contribution is -2.26. The van der Waals surface area contributed by atoms with Crippen molar-refractivity contribution in [3.8, 4) is 17.2 Å². The molecule has 2 aromatic rings. The van der Waals surface area contributed by atoms with Crippen molar-refractivity contribution in [2.24, 2.45) is 5.92 Å². The maximum atomic E-state index is 11.4. The molecule has 5 nitrogen and oxygen atoms in total. The highest BCUT2D eigenvalue weighted by molar-refractivity contribution is 5.66. The maximum Gasteiger partial charge on any atom is 0.302 e. The van der Waals surface area contributed by atoms with E-state index in [1.54, 1.807) is 30.3 Å². The van der Waals surface area contributed by atoms with Crippen LogP contribution in [0.15, 0.2) is 42.5 Å². The molecular formula is C20H20O5. The SMILES string of the molecule is CC(=O)O[C@H]1C[C@@H]2[C@H](C1)c1cc(O)ccc1O[C@@H]2c1ccc(O)cc1. The summed E-state index contributed by atoms with van der Waals surface area (Å²) in [5, 5.41) is 19.4. The van der Waals surface area contributed by atoms with Crippen molar-refractivity contribution in [1.29, 1.82) is 0 Å². The molecule has 0 saturated heterocycles. The smallest absolute Gasteiger partial charge is 0.302 e. The molecule has 2 N–H and O–H groups in total. The van der Waals surface area contributed by atoms with Gasteiger partial charge in [-0.15, -0.1) is 0 Å². The van der Waals surface area contributed by atoms with Crippen LogP contribution in [0.4, 0.5) is 0 Å². The molecule has 25 heavy (non-hydrogen) atoms. The van der Waals surface area contributed by atoms with E-state index in [-0.39, 0.29) is 41.5 Å². The van der Waals surface area contributed by atoms with E-state index in [2.05, 4.69) is 0 Å². The molecule has 1 aliphatic carbocycles. The van der Waals surface area contributed by atoms with Gasteiger partial charge in [0.05, 0.1) is 0 Å². The number of carbonyl (C=O) groups excluding carboxylic acids is 1. The van der Waals surface area contributed by atoms with Gasteiger partial charge in [0.2, 0.25) is 0 Å². The average molecular weight is 340 g/mol. The molecule has 4 atom stereocenters. The van der Waals surface area contributed by atoms with E-state index >= 15 is 0 Å². The topological polar surface area (TPSA) is 76.0 Å². The Bertz CT molecular complexity index is 798. The van der Waals surface area contributed by atoms with Gasteiger partial charge >= 0.3 is 5.97 Å². The summed E-state index contributed by atoms with van der Waals surface area (Å²) >= 11 is 0. The molecule has 1 aliphatic heterocycles. The number of hydrogen-bond acceptors (Lipinski definition) is 5. The molecular weight excluding hydrogens is 320 g/mol. The van der Waals surface area contributed by atoms with Gasteiger partial charge in [-0.2, -0.15) is 0 Å². The number of carbonyl (C=O) groups is 1. The zero-order chi connectivity index (χ0) is 17.6. The molecule has 0 radical (unpaired) electrons. The molecule has 4 rings (SSSR count). The monoisotopic (exact) mass is 340 g/mol. The lowest BCUT2D eigenvalue weighted by Gasteiger charge is -2.36. The van der Waals surface area contributed by atoms with Crippen molar-refractivity contribution in [2.45, 2.75) is 37.9 Å². The van der Waals surface area contributed by atoms with Gasteiger partial charge in [-0.1, -0.05) is 12.1 Å². The van der Waals surface area contributed by atoms with Crippen molar-refractivity contribution in [2.75, 3.05) is 0 Å². The van der Waals surface area contributed by atoms with Crippen LogP contribution in [0.3, 0.4) is 0 Å². The largest absolute Gasteiger partial charge is 0.508 e. The Balaban J connectivity index is 1.73. The Kier molecular flexibility index (Phi) is 3.79. The number of aromatic hydroxyl groups is 2. The highest BCUT2D eigenvalue weighted by Gasteiger charge is 2.46. The molecule has 0 amide bonds. The quantitative estimate of drug-likeness (QED) is 0.816. The number of benzene rings is 2. The van der Waals surface area contributed by atoms with Crippen molar-refractivity contribution in [3.63, 3.8) is 0 Å². The Hall–Kier alpha value is -2.69. The Morgan fingerprint density at radius 1 is 1.08 bits per heavy atom. The fourth-order valence-corrected chi connectivity index (χ4v) is 4.18. The van der Waals surface area contributed by atoms with Gasteiger partial charge in [-0.05, 0) is 54.7 Å². The van der Waals surface area contributed by atoms with E-state index < -0.39 is 0 Å². The van der Waals surface area contributed by atoms with Crippen molar-refractivity contribution in [1.82, 2.24) is 0 Å². The molecule has 0 aromatic heterocycles. The number of esters is 1. The minimum atomic E-state index is -0.276. The predicted octanol–water partition coefficient (Wildman–Crippen LogP) is 3.66. The lowest BCUT2D eigenvalue weighted by molar-refractivity contribution is -0.146. The summed E-state index contributed by atoms with van der Waals surface area (Å²) in [5.41, 5.74) is 1.95. The van der Waals surface area contributed by atoms with Gasteiger partial charge in [-0.3, -0.25) is 4.79 Å². The number of hydrogen-bond donors (Lipinski definition) is 2. The van der Waals surface area contributed by atoms with Crippen LogP contribution in [0.2, 0.25) is 0 Å². The zero-order valence-electron chi connectivity index (χ0n) is 13.9.